The number of nitrogens with two attached hydrogens (primary N) is 1. The molecule has 1 aromatic rings. The van der Waals surface area contributed by atoms with Gasteiger partial charge in [-0.15, -0.1) is 0 Å². The van der Waals surface area contributed by atoms with Crippen LogP contribution in [0.5, 0.6) is 0 Å². The third-order valence-corrected chi connectivity index (χ3v) is 4.20. The summed E-state index contributed by atoms with van der Waals surface area (Å²) in [6.45, 7) is 3.19. The monoisotopic (exact) mass is 277 g/mol. The van der Waals surface area contributed by atoms with Crippen molar-refractivity contribution >= 4 is 17.3 Å². The van der Waals surface area contributed by atoms with Crippen LogP contribution in [0.25, 0.3) is 0 Å². The van der Waals surface area contributed by atoms with E-state index >= 15 is 0 Å². The Morgan fingerprint density at radius 2 is 1.65 bits per heavy atom. The molecule has 3 rings (SSSR count). The van der Waals surface area contributed by atoms with Gasteiger partial charge in [-0.1, -0.05) is 0 Å². The highest BCUT2D eigenvalue weighted by Gasteiger charge is 2.28. The summed E-state index contributed by atoms with van der Waals surface area (Å²) in [5, 5.41) is 0. The first-order valence-electron chi connectivity index (χ1n) is 7.30. The summed E-state index contributed by atoms with van der Waals surface area (Å²) < 4.78 is 14.4. The molecule has 0 aliphatic carbocycles. The second-order valence-corrected chi connectivity index (χ2v) is 5.56. The Morgan fingerprint density at radius 3 is 2.30 bits per heavy atom. The standard InChI is InChI=1S/C15H20FN3O/c16-14-11(17)5-6-12(18-7-1-2-8-18)13(14)15(20)19-9-3-4-10-19/h5-6H,1-4,7-10,17H2. The van der Waals surface area contributed by atoms with E-state index in [-0.39, 0.29) is 17.2 Å². The van der Waals surface area contributed by atoms with Gasteiger partial charge in [0.25, 0.3) is 5.91 Å². The van der Waals surface area contributed by atoms with Crippen molar-refractivity contribution in [3.8, 4) is 0 Å². The first kappa shape index (κ1) is 13.2. The molecule has 1 amide bonds. The zero-order valence-corrected chi connectivity index (χ0v) is 11.6. The van der Waals surface area contributed by atoms with E-state index in [9.17, 15) is 9.18 Å². The smallest absolute Gasteiger partial charge is 0.259 e. The van der Waals surface area contributed by atoms with Crippen LogP contribution in [0.1, 0.15) is 36.0 Å². The van der Waals surface area contributed by atoms with Gasteiger partial charge in [0.05, 0.1) is 11.4 Å². The molecule has 1 aromatic carbocycles. The molecule has 2 heterocycles. The predicted octanol–water partition coefficient (Wildman–Crippen LogP) is 2.24. The van der Waals surface area contributed by atoms with Gasteiger partial charge in [-0.2, -0.15) is 0 Å². The molecule has 0 saturated carbocycles. The summed E-state index contributed by atoms with van der Waals surface area (Å²) in [6.07, 6.45) is 4.16. The Bertz CT molecular complexity index is 520. The van der Waals surface area contributed by atoms with E-state index < -0.39 is 5.82 Å². The molecule has 0 radical (unpaired) electrons. The molecule has 0 spiro atoms. The van der Waals surface area contributed by atoms with Gasteiger partial charge in [0, 0.05) is 26.2 Å². The highest BCUT2D eigenvalue weighted by molar-refractivity contribution is 6.01. The molecule has 2 saturated heterocycles. The maximum Gasteiger partial charge on any atom is 0.259 e. The molecule has 2 aliphatic heterocycles. The Hall–Kier alpha value is -1.78. The maximum absolute atomic E-state index is 14.4. The molecular weight excluding hydrogens is 257 g/mol. The number of benzene rings is 1. The van der Waals surface area contributed by atoms with E-state index in [0.717, 1.165) is 38.8 Å². The highest BCUT2D eigenvalue weighted by atomic mass is 19.1. The van der Waals surface area contributed by atoms with Gasteiger partial charge in [-0.25, -0.2) is 4.39 Å². The molecule has 0 bridgehead atoms. The van der Waals surface area contributed by atoms with Crippen molar-refractivity contribution in [2.24, 2.45) is 0 Å². The average molecular weight is 277 g/mol. The summed E-state index contributed by atoms with van der Waals surface area (Å²) in [4.78, 5) is 16.4. The molecule has 2 aliphatic rings. The quantitative estimate of drug-likeness (QED) is 0.843. The van der Waals surface area contributed by atoms with Gasteiger partial charge in [-0.05, 0) is 37.8 Å². The minimum Gasteiger partial charge on any atom is -0.396 e. The van der Waals surface area contributed by atoms with Crippen LogP contribution in [0, 0.1) is 5.82 Å². The first-order chi connectivity index (χ1) is 9.68. The molecule has 2 fully saturated rings. The zero-order chi connectivity index (χ0) is 14.1. The molecule has 0 atom stereocenters. The fourth-order valence-electron chi connectivity index (χ4n) is 3.09. The lowest BCUT2D eigenvalue weighted by molar-refractivity contribution is 0.0789. The van der Waals surface area contributed by atoms with E-state index in [1.54, 1.807) is 17.0 Å². The SMILES string of the molecule is Nc1ccc(N2CCCC2)c(C(=O)N2CCCC2)c1F. The number of rotatable bonds is 2. The van der Waals surface area contributed by atoms with Crippen molar-refractivity contribution in [3.05, 3.63) is 23.5 Å². The Kier molecular flexibility index (Phi) is 3.51. The van der Waals surface area contributed by atoms with Crippen molar-refractivity contribution in [2.75, 3.05) is 36.8 Å². The second kappa shape index (κ2) is 5.31. The molecule has 0 unspecified atom stereocenters. The number of hydrogen-bond acceptors (Lipinski definition) is 3. The van der Waals surface area contributed by atoms with Crippen LogP contribution < -0.4 is 10.6 Å². The van der Waals surface area contributed by atoms with Crippen LogP contribution >= 0.6 is 0 Å². The minimum atomic E-state index is -0.564. The maximum atomic E-state index is 14.4. The number of hydrogen-bond donors (Lipinski definition) is 1. The largest absolute Gasteiger partial charge is 0.396 e. The summed E-state index contributed by atoms with van der Waals surface area (Å²) >= 11 is 0. The van der Waals surface area contributed by atoms with Crippen LogP contribution in [0.3, 0.4) is 0 Å². The predicted molar refractivity (Wildman–Crippen MR) is 77.4 cm³/mol. The highest BCUT2D eigenvalue weighted by Crippen LogP contribution is 2.31. The van der Waals surface area contributed by atoms with Crippen LogP contribution in [0.4, 0.5) is 15.8 Å². The summed E-state index contributed by atoms with van der Waals surface area (Å²) in [7, 11) is 0. The van der Waals surface area contributed by atoms with E-state index in [1.807, 2.05) is 0 Å². The number of nitrogen functional groups attached to an aromatic ring is 1. The molecule has 4 nitrogen and oxygen atoms in total. The number of anilines is 2. The molecule has 108 valence electrons. The van der Waals surface area contributed by atoms with E-state index in [0.29, 0.717) is 18.8 Å². The van der Waals surface area contributed by atoms with Gasteiger partial charge in [0.2, 0.25) is 0 Å². The fraction of sp³-hybridized carbons (Fsp3) is 0.533. The molecule has 20 heavy (non-hydrogen) atoms. The van der Waals surface area contributed by atoms with Gasteiger partial charge < -0.3 is 15.5 Å². The number of amides is 1. The van der Waals surface area contributed by atoms with Gasteiger partial charge >= 0.3 is 0 Å². The van der Waals surface area contributed by atoms with E-state index in [4.69, 9.17) is 5.73 Å². The molecule has 5 heteroatoms. The van der Waals surface area contributed by atoms with Crippen molar-refractivity contribution in [3.63, 3.8) is 0 Å². The normalized spacial score (nSPS) is 18.9. The number of carbonyl (C=O) groups is 1. The fourth-order valence-corrected chi connectivity index (χ4v) is 3.09. The van der Waals surface area contributed by atoms with Crippen LogP contribution in [0.2, 0.25) is 0 Å². The van der Waals surface area contributed by atoms with E-state index in [2.05, 4.69) is 4.90 Å². The Balaban J connectivity index is 2.01. The van der Waals surface area contributed by atoms with Crippen molar-refractivity contribution < 1.29 is 9.18 Å². The molecule has 2 N–H and O–H groups in total. The Morgan fingerprint density at radius 1 is 1.05 bits per heavy atom. The summed E-state index contributed by atoms with van der Waals surface area (Å²) in [6, 6.07) is 3.34. The average Bonchev–Trinajstić information content (AvgIpc) is 3.13. The zero-order valence-electron chi connectivity index (χ0n) is 11.6. The first-order valence-corrected chi connectivity index (χ1v) is 7.30. The van der Waals surface area contributed by atoms with Crippen molar-refractivity contribution in [1.82, 2.24) is 4.90 Å². The second-order valence-electron chi connectivity index (χ2n) is 5.56. The number of likely N-dealkylation sites (tertiary alicyclic amines) is 1. The van der Waals surface area contributed by atoms with Crippen LogP contribution in [-0.2, 0) is 0 Å². The third kappa shape index (κ3) is 2.21. The lowest BCUT2D eigenvalue weighted by Crippen LogP contribution is -2.31. The molecule has 0 aromatic heterocycles. The van der Waals surface area contributed by atoms with Crippen LogP contribution in [-0.4, -0.2) is 37.0 Å². The molecular formula is C15H20FN3O. The summed E-state index contributed by atoms with van der Waals surface area (Å²) in [5.74, 6) is -0.777. The number of carbonyl (C=O) groups excluding carboxylic acids is 1. The van der Waals surface area contributed by atoms with Gasteiger partial charge in [-0.3, -0.25) is 4.79 Å². The van der Waals surface area contributed by atoms with Crippen LogP contribution in [0.15, 0.2) is 12.1 Å². The lowest BCUT2D eigenvalue weighted by Gasteiger charge is -2.24. The van der Waals surface area contributed by atoms with E-state index in [1.165, 1.54) is 0 Å². The van der Waals surface area contributed by atoms with Gasteiger partial charge in [0.15, 0.2) is 5.82 Å². The number of nitrogens with zero attached hydrogens (tertiary/aromatic N) is 2. The van der Waals surface area contributed by atoms with Crippen molar-refractivity contribution in [1.29, 1.82) is 0 Å². The Labute approximate surface area is 118 Å². The third-order valence-electron chi connectivity index (χ3n) is 4.20. The lowest BCUT2D eigenvalue weighted by atomic mass is 10.1. The van der Waals surface area contributed by atoms with Gasteiger partial charge in [0.1, 0.15) is 5.56 Å². The number of halogens is 1. The minimum absolute atomic E-state index is 0.0514. The topological polar surface area (TPSA) is 49.6 Å². The van der Waals surface area contributed by atoms with Crippen molar-refractivity contribution in [2.45, 2.75) is 25.7 Å². The summed E-state index contributed by atoms with van der Waals surface area (Å²) in [5.41, 5.74) is 6.57.